The summed E-state index contributed by atoms with van der Waals surface area (Å²) in [5.41, 5.74) is 2.25. The number of hydrogen-bond acceptors (Lipinski definition) is 3. The molecule has 20 heavy (non-hydrogen) atoms. The van der Waals surface area contributed by atoms with Crippen molar-refractivity contribution in [3.8, 4) is 0 Å². The molecule has 1 aromatic heterocycles. The number of benzene rings is 1. The molecule has 0 aliphatic carbocycles. The number of rotatable bonds is 4. The molecule has 0 bridgehead atoms. The molecule has 1 fully saturated rings. The topological polar surface area (TPSA) is 24.9 Å². The molecule has 0 spiro atoms. The third-order valence-electron chi connectivity index (χ3n) is 3.89. The lowest BCUT2D eigenvalue weighted by molar-refractivity contribution is 0.448. The zero-order valence-corrected chi connectivity index (χ0v) is 13.0. The van der Waals surface area contributed by atoms with Crippen LogP contribution >= 0.6 is 23.4 Å². The molecule has 1 aromatic carbocycles. The van der Waals surface area contributed by atoms with Gasteiger partial charge in [0, 0.05) is 23.2 Å². The normalized spacial score (nSPS) is 16.6. The summed E-state index contributed by atoms with van der Waals surface area (Å²) < 4.78 is 0. The minimum atomic E-state index is 0.779. The highest BCUT2D eigenvalue weighted by atomic mass is 35.5. The van der Waals surface area contributed by atoms with E-state index in [1.807, 2.05) is 24.4 Å². The summed E-state index contributed by atoms with van der Waals surface area (Å²) in [6.07, 6.45) is 4.52. The molecule has 2 nitrogen and oxygen atoms in total. The van der Waals surface area contributed by atoms with Gasteiger partial charge in [0.25, 0.3) is 0 Å². The van der Waals surface area contributed by atoms with E-state index >= 15 is 0 Å². The number of nitrogens with zero attached hydrogens (tertiary/aromatic N) is 1. The largest absolute Gasteiger partial charge is 0.312 e. The lowest BCUT2D eigenvalue weighted by Crippen LogP contribution is -2.25. The molecule has 2 heterocycles. The van der Waals surface area contributed by atoms with Crippen LogP contribution in [0.5, 0.6) is 0 Å². The highest BCUT2D eigenvalue weighted by molar-refractivity contribution is 7.99. The maximum absolute atomic E-state index is 6.22. The van der Waals surface area contributed by atoms with Crippen molar-refractivity contribution in [3.05, 3.63) is 41.0 Å². The zero-order valence-electron chi connectivity index (χ0n) is 11.4. The van der Waals surface area contributed by atoms with Crippen LogP contribution < -0.4 is 5.32 Å². The van der Waals surface area contributed by atoms with Crippen molar-refractivity contribution < 1.29 is 0 Å². The molecular weight excluding hydrogens is 288 g/mol. The Labute approximate surface area is 129 Å². The van der Waals surface area contributed by atoms with Crippen LogP contribution in [-0.2, 0) is 6.54 Å². The van der Waals surface area contributed by atoms with E-state index in [0.29, 0.717) is 0 Å². The first-order chi connectivity index (χ1) is 9.84. The molecule has 1 aliphatic rings. The molecule has 1 aliphatic heterocycles. The average Bonchev–Trinajstić information content (AvgIpc) is 2.51. The molecule has 3 rings (SSSR count). The Kier molecular flexibility index (Phi) is 4.81. The third-order valence-corrected chi connectivity index (χ3v) is 5.27. The molecule has 0 radical (unpaired) electrons. The van der Waals surface area contributed by atoms with E-state index in [2.05, 4.69) is 28.1 Å². The Morgan fingerprint density at radius 3 is 2.95 bits per heavy atom. The van der Waals surface area contributed by atoms with Gasteiger partial charge in [0.2, 0.25) is 0 Å². The monoisotopic (exact) mass is 306 g/mol. The minimum Gasteiger partial charge on any atom is -0.312 e. The molecule has 0 unspecified atom stereocenters. The minimum absolute atomic E-state index is 0.779. The lowest BCUT2D eigenvalue weighted by Gasteiger charge is -2.21. The van der Waals surface area contributed by atoms with Gasteiger partial charge in [0.1, 0.15) is 0 Å². The number of nitrogens with one attached hydrogen (secondary N) is 1. The van der Waals surface area contributed by atoms with Crippen LogP contribution in [0.2, 0.25) is 5.02 Å². The number of fused-ring (bicyclic) bond motifs is 1. The maximum atomic E-state index is 6.22. The van der Waals surface area contributed by atoms with E-state index in [9.17, 15) is 0 Å². The van der Waals surface area contributed by atoms with Gasteiger partial charge in [0.05, 0.1) is 5.52 Å². The Balaban J connectivity index is 1.67. The fourth-order valence-electron chi connectivity index (χ4n) is 2.70. The molecule has 1 saturated heterocycles. The highest BCUT2D eigenvalue weighted by Gasteiger charge is 2.13. The van der Waals surface area contributed by atoms with Crippen molar-refractivity contribution >= 4 is 34.3 Å². The first kappa shape index (κ1) is 14.2. The smallest absolute Gasteiger partial charge is 0.0761 e. The number of pyridine rings is 1. The van der Waals surface area contributed by atoms with Crippen LogP contribution in [-0.4, -0.2) is 23.0 Å². The van der Waals surface area contributed by atoms with E-state index in [-0.39, 0.29) is 0 Å². The first-order valence-corrected chi connectivity index (χ1v) is 8.68. The van der Waals surface area contributed by atoms with Gasteiger partial charge >= 0.3 is 0 Å². The second-order valence-electron chi connectivity index (χ2n) is 5.29. The molecule has 2 aromatic rings. The van der Waals surface area contributed by atoms with Crippen LogP contribution in [0, 0.1) is 5.92 Å². The summed E-state index contributed by atoms with van der Waals surface area (Å²) in [4.78, 5) is 4.48. The van der Waals surface area contributed by atoms with Gasteiger partial charge in [-0.25, -0.2) is 0 Å². The van der Waals surface area contributed by atoms with Crippen LogP contribution in [0.25, 0.3) is 10.9 Å². The van der Waals surface area contributed by atoms with Gasteiger partial charge in [-0.1, -0.05) is 17.7 Å². The molecule has 0 atom stereocenters. The Hall–Kier alpha value is -0.770. The predicted molar refractivity (Wildman–Crippen MR) is 88.5 cm³/mol. The van der Waals surface area contributed by atoms with E-state index in [4.69, 9.17) is 11.6 Å². The number of thioether (sulfide) groups is 1. The lowest BCUT2D eigenvalue weighted by atomic mass is 10.0. The Bertz CT molecular complexity index is 582. The molecular formula is C16H19ClN2S. The van der Waals surface area contributed by atoms with E-state index in [1.165, 1.54) is 29.9 Å². The van der Waals surface area contributed by atoms with Gasteiger partial charge in [-0.15, -0.1) is 0 Å². The molecule has 106 valence electrons. The fraction of sp³-hybridized carbons (Fsp3) is 0.438. The van der Waals surface area contributed by atoms with Crippen LogP contribution in [0.3, 0.4) is 0 Å². The van der Waals surface area contributed by atoms with Crippen molar-refractivity contribution in [3.63, 3.8) is 0 Å². The highest BCUT2D eigenvalue weighted by Crippen LogP contribution is 2.25. The average molecular weight is 307 g/mol. The van der Waals surface area contributed by atoms with Crippen LogP contribution in [0.4, 0.5) is 0 Å². The number of aromatic nitrogens is 1. The van der Waals surface area contributed by atoms with Gasteiger partial charge in [0.15, 0.2) is 0 Å². The molecule has 1 N–H and O–H groups in total. The van der Waals surface area contributed by atoms with Crippen molar-refractivity contribution in [2.24, 2.45) is 5.92 Å². The summed E-state index contributed by atoms with van der Waals surface area (Å²) in [6, 6.07) is 8.03. The van der Waals surface area contributed by atoms with Gasteiger partial charge < -0.3 is 5.32 Å². The third kappa shape index (κ3) is 3.27. The van der Waals surface area contributed by atoms with Crippen molar-refractivity contribution in [2.75, 3.05) is 18.1 Å². The number of hydrogen-bond donors (Lipinski definition) is 1. The Morgan fingerprint density at radius 2 is 2.10 bits per heavy atom. The summed E-state index contributed by atoms with van der Waals surface area (Å²) in [7, 11) is 0. The van der Waals surface area contributed by atoms with E-state index < -0.39 is 0 Å². The van der Waals surface area contributed by atoms with Gasteiger partial charge in [-0.2, -0.15) is 11.8 Å². The SMILES string of the molecule is Clc1ccc(CNCC2CCSCC2)c2ncccc12. The maximum Gasteiger partial charge on any atom is 0.0761 e. The fourth-order valence-corrected chi connectivity index (χ4v) is 4.12. The summed E-state index contributed by atoms with van der Waals surface area (Å²) in [5, 5.41) is 5.41. The van der Waals surface area contributed by atoms with Crippen LogP contribution in [0.15, 0.2) is 30.5 Å². The van der Waals surface area contributed by atoms with Crippen molar-refractivity contribution in [1.29, 1.82) is 0 Å². The van der Waals surface area contributed by atoms with Crippen molar-refractivity contribution in [1.82, 2.24) is 10.3 Å². The predicted octanol–water partition coefficient (Wildman–Crippen LogP) is 4.12. The second-order valence-corrected chi connectivity index (χ2v) is 6.92. The van der Waals surface area contributed by atoms with E-state index in [0.717, 1.165) is 34.9 Å². The first-order valence-electron chi connectivity index (χ1n) is 7.15. The van der Waals surface area contributed by atoms with Gasteiger partial charge in [-0.05, 0) is 60.6 Å². The second kappa shape index (κ2) is 6.79. The summed E-state index contributed by atoms with van der Waals surface area (Å²) in [5.74, 6) is 3.47. The number of halogens is 1. The summed E-state index contributed by atoms with van der Waals surface area (Å²) >= 11 is 8.30. The summed E-state index contributed by atoms with van der Waals surface area (Å²) in [6.45, 7) is 1.98. The van der Waals surface area contributed by atoms with Gasteiger partial charge in [-0.3, -0.25) is 4.98 Å². The zero-order chi connectivity index (χ0) is 13.8. The molecule has 4 heteroatoms. The van der Waals surface area contributed by atoms with E-state index in [1.54, 1.807) is 0 Å². The van der Waals surface area contributed by atoms with Crippen molar-refractivity contribution in [2.45, 2.75) is 19.4 Å². The Morgan fingerprint density at radius 1 is 1.25 bits per heavy atom. The molecule has 0 amide bonds. The quantitative estimate of drug-likeness (QED) is 0.919. The standard InChI is InChI=1S/C16H19ClN2S/c17-15-4-3-13(16-14(15)2-1-7-19-16)11-18-10-12-5-8-20-9-6-12/h1-4,7,12,18H,5-6,8-11H2. The molecule has 0 saturated carbocycles. The van der Waals surface area contributed by atoms with Crippen LogP contribution in [0.1, 0.15) is 18.4 Å².